The predicted octanol–water partition coefficient (Wildman–Crippen LogP) is 0.627. The predicted molar refractivity (Wildman–Crippen MR) is 78.3 cm³/mol. The van der Waals surface area contributed by atoms with Crippen molar-refractivity contribution < 1.29 is 9.53 Å². The van der Waals surface area contributed by atoms with Crippen LogP contribution >= 0.6 is 0 Å². The van der Waals surface area contributed by atoms with Crippen LogP contribution < -0.4 is 10.9 Å². The molecule has 6 nitrogen and oxygen atoms in total. The summed E-state index contributed by atoms with van der Waals surface area (Å²) >= 11 is 0. The molecule has 3 heterocycles. The molecular weight excluding hydrogens is 268 g/mol. The highest BCUT2D eigenvalue weighted by atomic mass is 16.5. The van der Waals surface area contributed by atoms with Gasteiger partial charge in [0.2, 0.25) is 5.91 Å². The van der Waals surface area contributed by atoms with Gasteiger partial charge in [0.05, 0.1) is 24.4 Å². The molecule has 1 aromatic rings. The van der Waals surface area contributed by atoms with Crippen molar-refractivity contribution in [2.75, 3.05) is 20.3 Å². The van der Waals surface area contributed by atoms with Crippen molar-refractivity contribution in [2.45, 2.75) is 37.4 Å². The van der Waals surface area contributed by atoms with Crippen molar-refractivity contribution in [1.82, 2.24) is 20.7 Å². The Kier molecular flexibility index (Phi) is 4.48. The van der Waals surface area contributed by atoms with Gasteiger partial charge in [-0.15, -0.1) is 0 Å². The minimum atomic E-state index is -0.186. The fourth-order valence-electron chi connectivity index (χ4n) is 3.19. The largest absolute Gasteiger partial charge is 0.383 e. The molecule has 0 aromatic carbocycles. The first-order valence-corrected chi connectivity index (χ1v) is 7.51. The highest BCUT2D eigenvalue weighted by Crippen LogP contribution is 2.24. The van der Waals surface area contributed by atoms with E-state index in [1.165, 1.54) is 0 Å². The summed E-state index contributed by atoms with van der Waals surface area (Å²) in [6.07, 6.45) is 4.60. The highest BCUT2D eigenvalue weighted by molar-refractivity contribution is 5.82. The Bertz CT molecular complexity index is 482. The van der Waals surface area contributed by atoms with Crippen LogP contribution in [0.3, 0.4) is 0 Å². The van der Waals surface area contributed by atoms with Gasteiger partial charge in [0.1, 0.15) is 6.04 Å². The average Bonchev–Trinajstić information content (AvgIpc) is 3.17. The van der Waals surface area contributed by atoms with E-state index < -0.39 is 0 Å². The van der Waals surface area contributed by atoms with E-state index in [1.54, 1.807) is 13.3 Å². The van der Waals surface area contributed by atoms with Crippen molar-refractivity contribution in [1.29, 1.82) is 0 Å². The van der Waals surface area contributed by atoms with E-state index in [-0.39, 0.29) is 24.0 Å². The van der Waals surface area contributed by atoms with Crippen LogP contribution in [0.5, 0.6) is 0 Å². The Morgan fingerprint density at radius 1 is 1.48 bits per heavy atom. The molecule has 1 amide bonds. The summed E-state index contributed by atoms with van der Waals surface area (Å²) in [5.74, 6) is 0.167. The fraction of sp³-hybridized carbons (Fsp3) is 0.600. The normalized spacial score (nSPS) is 29.0. The van der Waals surface area contributed by atoms with E-state index in [0.717, 1.165) is 31.5 Å². The number of carbonyl (C=O) groups excluding carboxylic acids is 1. The monoisotopic (exact) mass is 290 g/mol. The molecule has 2 saturated heterocycles. The fourth-order valence-corrected chi connectivity index (χ4v) is 3.19. The lowest BCUT2D eigenvalue weighted by Gasteiger charge is -2.26. The molecule has 114 valence electrons. The summed E-state index contributed by atoms with van der Waals surface area (Å²) in [5, 5.41) is 0. The number of hydrogen-bond donors (Lipinski definition) is 2. The summed E-state index contributed by atoms with van der Waals surface area (Å²) in [7, 11) is 1.69. The molecule has 21 heavy (non-hydrogen) atoms. The number of hydrogen-bond acceptors (Lipinski definition) is 5. The number of methoxy groups -OCH3 is 1. The van der Waals surface area contributed by atoms with Gasteiger partial charge in [-0.2, -0.15) is 0 Å². The van der Waals surface area contributed by atoms with Crippen LogP contribution in [-0.4, -0.2) is 48.1 Å². The van der Waals surface area contributed by atoms with Crippen LogP contribution in [0, 0.1) is 0 Å². The third kappa shape index (κ3) is 3.07. The zero-order valence-electron chi connectivity index (χ0n) is 12.3. The van der Waals surface area contributed by atoms with Gasteiger partial charge in [0.15, 0.2) is 0 Å². The van der Waals surface area contributed by atoms with Crippen molar-refractivity contribution >= 4 is 5.91 Å². The zero-order valence-corrected chi connectivity index (χ0v) is 12.3. The minimum Gasteiger partial charge on any atom is -0.383 e. The summed E-state index contributed by atoms with van der Waals surface area (Å²) in [6, 6.07) is 5.97. The van der Waals surface area contributed by atoms with Crippen molar-refractivity contribution in [3.05, 3.63) is 30.1 Å². The molecule has 0 saturated carbocycles. The molecule has 1 aromatic heterocycles. The van der Waals surface area contributed by atoms with Crippen LogP contribution in [0.4, 0.5) is 0 Å². The van der Waals surface area contributed by atoms with Crippen LogP contribution in [0.1, 0.15) is 31.0 Å². The van der Waals surface area contributed by atoms with Crippen LogP contribution in [0.2, 0.25) is 0 Å². The molecule has 0 radical (unpaired) electrons. The second kappa shape index (κ2) is 6.51. The van der Waals surface area contributed by atoms with E-state index in [2.05, 4.69) is 15.8 Å². The third-order valence-electron chi connectivity index (χ3n) is 4.27. The molecule has 2 fully saturated rings. The molecule has 0 spiro atoms. The second-order valence-corrected chi connectivity index (χ2v) is 5.67. The Morgan fingerprint density at radius 2 is 2.38 bits per heavy atom. The van der Waals surface area contributed by atoms with Crippen LogP contribution in [-0.2, 0) is 9.53 Å². The highest BCUT2D eigenvalue weighted by Gasteiger charge is 2.37. The number of nitrogens with zero attached hydrogens (tertiary/aromatic N) is 2. The number of aromatic nitrogens is 1. The molecule has 0 aliphatic carbocycles. The third-order valence-corrected chi connectivity index (χ3v) is 4.27. The first kappa shape index (κ1) is 14.4. The van der Waals surface area contributed by atoms with Crippen molar-refractivity contribution in [2.24, 2.45) is 0 Å². The molecule has 6 heteroatoms. The number of likely N-dealkylation sites (tertiary alicyclic amines) is 1. The first-order chi connectivity index (χ1) is 10.3. The summed E-state index contributed by atoms with van der Waals surface area (Å²) in [6.45, 7) is 1.45. The van der Waals surface area contributed by atoms with Gasteiger partial charge in [0, 0.05) is 19.9 Å². The maximum Gasteiger partial charge on any atom is 0.241 e. The number of hydrazine groups is 1. The van der Waals surface area contributed by atoms with Gasteiger partial charge in [-0.3, -0.25) is 9.78 Å². The topological polar surface area (TPSA) is 66.5 Å². The SMILES string of the molecule is COC[C@H]1CCCN1C(=O)C1CC(c2ccccn2)NN1. The second-order valence-electron chi connectivity index (χ2n) is 5.67. The minimum absolute atomic E-state index is 0.0867. The lowest BCUT2D eigenvalue weighted by molar-refractivity contribution is -0.134. The quantitative estimate of drug-likeness (QED) is 0.851. The Balaban J connectivity index is 1.62. The number of pyridine rings is 1. The van der Waals surface area contributed by atoms with Gasteiger partial charge in [-0.05, 0) is 31.4 Å². The summed E-state index contributed by atoms with van der Waals surface area (Å²) < 4.78 is 5.22. The van der Waals surface area contributed by atoms with Crippen molar-refractivity contribution in [3.8, 4) is 0 Å². The molecule has 3 rings (SSSR count). The van der Waals surface area contributed by atoms with Crippen LogP contribution in [0.15, 0.2) is 24.4 Å². The molecule has 3 atom stereocenters. The average molecular weight is 290 g/mol. The maximum atomic E-state index is 12.7. The standard InChI is InChI=1S/C15H22N4O2/c1-21-10-11-5-4-8-19(11)15(20)14-9-13(17-18-14)12-6-2-3-7-16-12/h2-3,6-7,11,13-14,17-18H,4-5,8-10H2,1H3/t11-,13?,14?/m1/s1. The smallest absolute Gasteiger partial charge is 0.241 e. The number of amides is 1. The van der Waals surface area contributed by atoms with Gasteiger partial charge >= 0.3 is 0 Å². The van der Waals surface area contributed by atoms with E-state index >= 15 is 0 Å². The van der Waals surface area contributed by atoms with Gasteiger partial charge < -0.3 is 9.64 Å². The maximum absolute atomic E-state index is 12.7. The van der Waals surface area contributed by atoms with Crippen LogP contribution in [0.25, 0.3) is 0 Å². The van der Waals surface area contributed by atoms with E-state index in [0.29, 0.717) is 6.61 Å². The summed E-state index contributed by atoms with van der Waals surface area (Å²) in [4.78, 5) is 19.0. The number of ether oxygens (including phenoxy) is 1. The Morgan fingerprint density at radius 3 is 3.14 bits per heavy atom. The van der Waals surface area contributed by atoms with E-state index in [9.17, 15) is 4.79 Å². The lowest BCUT2D eigenvalue weighted by Crippen LogP contribution is -2.48. The molecule has 2 aliphatic heterocycles. The van der Waals surface area contributed by atoms with Gasteiger partial charge in [-0.25, -0.2) is 10.9 Å². The van der Waals surface area contributed by atoms with Crippen molar-refractivity contribution in [3.63, 3.8) is 0 Å². The number of rotatable bonds is 4. The molecule has 2 unspecified atom stereocenters. The number of nitrogens with one attached hydrogen (secondary N) is 2. The Labute approximate surface area is 124 Å². The Hall–Kier alpha value is -1.50. The number of carbonyl (C=O) groups is 1. The molecule has 0 bridgehead atoms. The lowest BCUT2D eigenvalue weighted by atomic mass is 10.1. The first-order valence-electron chi connectivity index (χ1n) is 7.51. The van der Waals surface area contributed by atoms with E-state index in [4.69, 9.17) is 4.74 Å². The summed E-state index contributed by atoms with van der Waals surface area (Å²) in [5.41, 5.74) is 7.27. The van der Waals surface area contributed by atoms with E-state index in [1.807, 2.05) is 23.1 Å². The molecule has 2 N–H and O–H groups in total. The van der Waals surface area contributed by atoms with Gasteiger partial charge in [0.25, 0.3) is 0 Å². The zero-order chi connectivity index (χ0) is 14.7. The molecule has 2 aliphatic rings. The van der Waals surface area contributed by atoms with Gasteiger partial charge in [-0.1, -0.05) is 6.07 Å². The molecular formula is C15H22N4O2.